The molecule has 1 fully saturated rings. The minimum Gasteiger partial charge on any atom is -0.337 e. The van der Waals surface area contributed by atoms with Crippen LogP contribution in [0.4, 0.5) is 11.4 Å². The first-order chi connectivity index (χ1) is 14.2. The van der Waals surface area contributed by atoms with Gasteiger partial charge in [-0.15, -0.1) is 11.3 Å². The summed E-state index contributed by atoms with van der Waals surface area (Å²) in [6.45, 7) is 7.28. The topological polar surface area (TPSA) is 90.5 Å². The second-order valence-corrected chi connectivity index (χ2v) is 10.1. The number of thiophene rings is 1. The van der Waals surface area contributed by atoms with Gasteiger partial charge in [-0.1, -0.05) is 0 Å². The van der Waals surface area contributed by atoms with Crippen LogP contribution in [-0.2, 0) is 9.59 Å². The summed E-state index contributed by atoms with van der Waals surface area (Å²) in [7, 11) is 0. The highest BCUT2D eigenvalue weighted by molar-refractivity contribution is 9.11. The molecule has 3 amide bonds. The van der Waals surface area contributed by atoms with E-state index < -0.39 is 5.54 Å². The summed E-state index contributed by atoms with van der Waals surface area (Å²) in [4.78, 5) is 39.9. The Morgan fingerprint density at radius 1 is 1.20 bits per heavy atom. The average molecular weight is 493 g/mol. The molecule has 1 aromatic heterocycles. The van der Waals surface area contributed by atoms with Gasteiger partial charge in [0, 0.05) is 37.4 Å². The average Bonchev–Trinajstić information content (AvgIpc) is 3.00. The van der Waals surface area contributed by atoms with E-state index in [1.807, 2.05) is 19.1 Å². The summed E-state index contributed by atoms with van der Waals surface area (Å²) < 4.78 is 0.851. The van der Waals surface area contributed by atoms with Crippen molar-refractivity contribution >= 4 is 56.4 Å². The molecule has 0 radical (unpaired) electrons. The summed E-state index contributed by atoms with van der Waals surface area (Å²) in [5.74, 6) is -0.539. The van der Waals surface area contributed by atoms with Gasteiger partial charge in [-0.3, -0.25) is 14.4 Å². The SMILES string of the molecule is Cc1cc(NC(=O)C(C)(C)NC(=O)c2ccc(Br)s2)ccc1N1CCNCCC1=O. The second-order valence-electron chi connectivity index (χ2n) is 7.68. The number of nitrogens with one attached hydrogen (secondary N) is 3. The van der Waals surface area contributed by atoms with Crippen LogP contribution in [0.3, 0.4) is 0 Å². The number of anilines is 2. The van der Waals surface area contributed by atoms with E-state index in [0.717, 1.165) is 21.6 Å². The molecule has 0 saturated carbocycles. The molecule has 3 rings (SSSR count). The fourth-order valence-electron chi connectivity index (χ4n) is 3.19. The number of carbonyl (C=O) groups excluding carboxylic acids is 3. The van der Waals surface area contributed by atoms with Crippen molar-refractivity contribution in [1.82, 2.24) is 10.6 Å². The zero-order valence-electron chi connectivity index (χ0n) is 17.2. The lowest BCUT2D eigenvalue weighted by atomic mass is 10.0. The molecule has 1 saturated heterocycles. The van der Waals surface area contributed by atoms with Crippen molar-refractivity contribution in [2.75, 3.05) is 29.9 Å². The van der Waals surface area contributed by atoms with E-state index in [4.69, 9.17) is 0 Å². The van der Waals surface area contributed by atoms with Gasteiger partial charge in [0.25, 0.3) is 5.91 Å². The van der Waals surface area contributed by atoms with E-state index in [-0.39, 0.29) is 17.7 Å². The number of carbonyl (C=O) groups is 3. The zero-order valence-corrected chi connectivity index (χ0v) is 19.6. The van der Waals surface area contributed by atoms with Crippen molar-refractivity contribution in [3.8, 4) is 0 Å². The maximum Gasteiger partial charge on any atom is 0.262 e. The molecule has 30 heavy (non-hydrogen) atoms. The summed E-state index contributed by atoms with van der Waals surface area (Å²) in [6.07, 6.45) is 0.465. The van der Waals surface area contributed by atoms with Crippen molar-refractivity contribution in [2.24, 2.45) is 0 Å². The van der Waals surface area contributed by atoms with E-state index in [1.54, 1.807) is 36.9 Å². The summed E-state index contributed by atoms with van der Waals surface area (Å²) in [5, 5.41) is 8.86. The third kappa shape index (κ3) is 5.27. The molecule has 1 aromatic carbocycles. The minimum atomic E-state index is -1.10. The van der Waals surface area contributed by atoms with Crippen LogP contribution in [0.25, 0.3) is 0 Å². The number of halogens is 1. The van der Waals surface area contributed by atoms with Crippen LogP contribution in [0.15, 0.2) is 34.1 Å². The molecule has 1 aliphatic rings. The lowest BCUT2D eigenvalue weighted by molar-refractivity contribution is -0.121. The summed E-state index contributed by atoms with van der Waals surface area (Å²) in [5.41, 5.74) is 1.25. The van der Waals surface area contributed by atoms with E-state index in [2.05, 4.69) is 31.9 Å². The Morgan fingerprint density at radius 3 is 2.63 bits per heavy atom. The van der Waals surface area contributed by atoms with Crippen LogP contribution >= 0.6 is 27.3 Å². The molecule has 160 valence electrons. The van der Waals surface area contributed by atoms with Crippen molar-refractivity contribution in [2.45, 2.75) is 32.7 Å². The molecule has 0 bridgehead atoms. The van der Waals surface area contributed by atoms with Crippen molar-refractivity contribution in [3.05, 3.63) is 44.6 Å². The molecule has 1 aliphatic heterocycles. The standard InChI is InChI=1S/C21H25BrN4O3S/c1-13-12-14(4-5-15(13)26-11-10-23-9-8-18(26)27)24-20(29)21(2,3)25-19(28)16-6-7-17(22)30-16/h4-7,12,23H,8-11H2,1-3H3,(H,24,29)(H,25,28). The fraction of sp³-hybridized carbons (Fsp3) is 0.381. The third-order valence-electron chi connectivity index (χ3n) is 4.87. The number of nitrogens with zero attached hydrogens (tertiary/aromatic N) is 1. The molecule has 0 unspecified atom stereocenters. The van der Waals surface area contributed by atoms with Crippen molar-refractivity contribution < 1.29 is 14.4 Å². The highest BCUT2D eigenvalue weighted by Gasteiger charge is 2.30. The number of hydrogen-bond acceptors (Lipinski definition) is 5. The number of benzene rings is 1. The Balaban J connectivity index is 1.69. The van der Waals surface area contributed by atoms with E-state index in [0.29, 0.717) is 30.1 Å². The first-order valence-corrected chi connectivity index (χ1v) is 11.3. The van der Waals surface area contributed by atoms with Gasteiger partial charge >= 0.3 is 0 Å². The Morgan fingerprint density at radius 2 is 1.97 bits per heavy atom. The van der Waals surface area contributed by atoms with Gasteiger partial charge in [-0.25, -0.2) is 0 Å². The normalized spacial score (nSPS) is 14.9. The molecular formula is C21H25BrN4O3S. The third-order valence-corrected chi connectivity index (χ3v) is 6.49. The minimum absolute atomic E-state index is 0.0870. The van der Waals surface area contributed by atoms with Crippen molar-refractivity contribution in [1.29, 1.82) is 0 Å². The molecular weight excluding hydrogens is 468 g/mol. The van der Waals surface area contributed by atoms with Crippen LogP contribution in [0, 0.1) is 6.92 Å². The molecule has 3 N–H and O–H groups in total. The maximum atomic E-state index is 12.8. The number of amides is 3. The molecule has 0 spiro atoms. The van der Waals surface area contributed by atoms with Gasteiger partial charge in [-0.05, 0) is 72.6 Å². The quantitative estimate of drug-likeness (QED) is 0.597. The first-order valence-electron chi connectivity index (χ1n) is 9.68. The number of hydrogen-bond donors (Lipinski definition) is 3. The van der Waals surface area contributed by atoms with Gasteiger partial charge in [0.05, 0.1) is 8.66 Å². The molecule has 0 atom stereocenters. The molecule has 7 nitrogen and oxygen atoms in total. The van der Waals surface area contributed by atoms with E-state index in [9.17, 15) is 14.4 Å². The Hall–Kier alpha value is -2.23. The Kier molecular flexibility index (Phi) is 6.95. The lowest BCUT2D eigenvalue weighted by Gasteiger charge is -2.26. The van der Waals surface area contributed by atoms with Gasteiger partial charge < -0.3 is 20.9 Å². The van der Waals surface area contributed by atoms with Crippen LogP contribution in [-0.4, -0.2) is 42.9 Å². The van der Waals surface area contributed by atoms with Crippen molar-refractivity contribution in [3.63, 3.8) is 0 Å². The van der Waals surface area contributed by atoms with Gasteiger partial charge in [0.2, 0.25) is 11.8 Å². The maximum absolute atomic E-state index is 12.8. The Bertz CT molecular complexity index is 973. The van der Waals surface area contributed by atoms with Gasteiger partial charge in [-0.2, -0.15) is 0 Å². The largest absolute Gasteiger partial charge is 0.337 e. The molecule has 0 aliphatic carbocycles. The second kappa shape index (κ2) is 9.28. The fourth-order valence-corrected chi connectivity index (χ4v) is 4.47. The molecule has 2 heterocycles. The summed E-state index contributed by atoms with van der Waals surface area (Å²) >= 11 is 4.64. The number of rotatable bonds is 5. The monoisotopic (exact) mass is 492 g/mol. The van der Waals surface area contributed by atoms with Gasteiger partial charge in [0.1, 0.15) is 5.54 Å². The van der Waals surface area contributed by atoms with Crippen LogP contribution in [0.5, 0.6) is 0 Å². The predicted octanol–water partition coefficient (Wildman–Crippen LogP) is 3.29. The highest BCUT2D eigenvalue weighted by Crippen LogP contribution is 2.26. The first kappa shape index (κ1) is 22.5. The Labute approximate surface area is 188 Å². The molecule has 2 aromatic rings. The number of aryl methyl sites for hydroxylation is 1. The lowest BCUT2D eigenvalue weighted by Crippen LogP contribution is -2.52. The van der Waals surface area contributed by atoms with Gasteiger partial charge in [0.15, 0.2) is 0 Å². The zero-order chi connectivity index (χ0) is 21.9. The smallest absolute Gasteiger partial charge is 0.262 e. The van der Waals surface area contributed by atoms with E-state index in [1.165, 1.54) is 11.3 Å². The van der Waals surface area contributed by atoms with Crippen LogP contribution in [0.1, 0.15) is 35.5 Å². The highest BCUT2D eigenvalue weighted by atomic mass is 79.9. The molecule has 9 heteroatoms. The summed E-state index contributed by atoms with van der Waals surface area (Å²) in [6, 6.07) is 8.97. The van der Waals surface area contributed by atoms with Crippen LogP contribution in [0.2, 0.25) is 0 Å². The van der Waals surface area contributed by atoms with Crippen LogP contribution < -0.4 is 20.9 Å². The van der Waals surface area contributed by atoms with E-state index >= 15 is 0 Å². The predicted molar refractivity (Wildman–Crippen MR) is 123 cm³/mol.